The van der Waals surface area contributed by atoms with Crippen molar-refractivity contribution in [1.82, 2.24) is 5.32 Å². The van der Waals surface area contributed by atoms with Crippen LogP contribution < -0.4 is 11.1 Å². The first-order valence-corrected chi connectivity index (χ1v) is 7.56. The Hall–Kier alpha value is -0.460. The predicted molar refractivity (Wildman–Crippen MR) is 70.3 cm³/mol. The largest absolute Gasteiger partial charge is 0.377 e. The Morgan fingerprint density at radius 2 is 2.18 bits per heavy atom. The Morgan fingerprint density at radius 3 is 2.71 bits per heavy atom. The summed E-state index contributed by atoms with van der Waals surface area (Å²) in [5, 5.41) is 2.70. The number of nitrogens with one attached hydrogen (secondary N) is 1. The highest BCUT2D eigenvalue weighted by Crippen LogP contribution is 1.99. The Bertz CT molecular complexity index is 237. The summed E-state index contributed by atoms with van der Waals surface area (Å²) in [4.78, 5) is 11.3. The number of nitrogens with two attached hydrogens (primary N) is 1. The summed E-state index contributed by atoms with van der Waals surface area (Å²) >= 11 is 0. The van der Waals surface area contributed by atoms with Gasteiger partial charge in [-0.2, -0.15) is 0 Å². The quantitative estimate of drug-likeness (QED) is 0.582. The Morgan fingerprint density at radius 1 is 1.47 bits per heavy atom. The van der Waals surface area contributed by atoms with E-state index in [1.807, 2.05) is 13.8 Å². The third-order valence-corrected chi connectivity index (χ3v) is 3.47. The lowest BCUT2D eigenvalue weighted by Gasteiger charge is -2.14. The molecule has 0 aromatic carbocycles. The highest BCUT2D eigenvalue weighted by atomic mass is 32.2. The van der Waals surface area contributed by atoms with E-state index in [-0.39, 0.29) is 17.8 Å². The monoisotopic (exact) mass is 264 g/mol. The van der Waals surface area contributed by atoms with Gasteiger partial charge in [-0.25, -0.2) is 0 Å². The maximum absolute atomic E-state index is 11.6. The van der Waals surface area contributed by atoms with Crippen molar-refractivity contribution in [2.75, 3.05) is 31.2 Å². The third-order valence-electron chi connectivity index (χ3n) is 2.20. The molecule has 1 amide bonds. The molecule has 0 saturated carbocycles. The number of hydrogen-bond acceptors (Lipinski definition) is 4. The smallest absolute Gasteiger partial charge is 0.232 e. The molecule has 2 unspecified atom stereocenters. The van der Waals surface area contributed by atoms with Gasteiger partial charge < -0.3 is 15.8 Å². The minimum Gasteiger partial charge on any atom is -0.377 e. The fraction of sp³-hybridized carbons (Fsp3) is 0.909. The van der Waals surface area contributed by atoms with Crippen molar-refractivity contribution < 1.29 is 13.7 Å². The molecule has 0 spiro atoms. The lowest BCUT2D eigenvalue weighted by atomic mass is 10.3. The van der Waals surface area contributed by atoms with Crippen LogP contribution in [0.25, 0.3) is 0 Å². The molecule has 5 nitrogen and oxygen atoms in total. The second-order valence-electron chi connectivity index (χ2n) is 3.74. The van der Waals surface area contributed by atoms with E-state index in [1.54, 1.807) is 0 Å². The highest BCUT2D eigenvalue weighted by molar-refractivity contribution is 7.85. The lowest BCUT2D eigenvalue weighted by molar-refractivity contribution is -0.118. The Kier molecular flexibility index (Phi) is 10.4. The van der Waals surface area contributed by atoms with Gasteiger partial charge in [0.25, 0.3) is 0 Å². The standard InChI is InChI=1S/C11H24N2O3S/c1-3-6-13-11(14)9-17(15)7-5-10(8-12)16-4-2/h10H,3-9,12H2,1-2H3,(H,13,14). The number of rotatable bonds is 10. The first-order valence-electron chi connectivity index (χ1n) is 6.07. The van der Waals surface area contributed by atoms with Crippen LogP contribution in [0.2, 0.25) is 0 Å². The average Bonchev–Trinajstić information content (AvgIpc) is 2.31. The second-order valence-corrected chi connectivity index (χ2v) is 5.32. The van der Waals surface area contributed by atoms with E-state index in [9.17, 15) is 9.00 Å². The number of carbonyl (C=O) groups excluding carboxylic acids is 1. The van der Waals surface area contributed by atoms with E-state index in [2.05, 4.69) is 5.32 Å². The van der Waals surface area contributed by atoms with Gasteiger partial charge in [0.15, 0.2) is 0 Å². The molecule has 0 aliphatic carbocycles. The van der Waals surface area contributed by atoms with Crippen molar-refractivity contribution >= 4 is 16.7 Å². The van der Waals surface area contributed by atoms with Gasteiger partial charge in [-0.1, -0.05) is 6.92 Å². The van der Waals surface area contributed by atoms with Crippen LogP contribution in [-0.2, 0) is 20.3 Å². The molecule has 0 aromatic rings. The van der Waals surface area contributed by atoms with E-state index in [4.69, 9.17) is 10.5 Å². The van der Waals surface area contributed by atoms with Crippen molar-refractivity contribution in [3.63, 3.8) is 0 Å². The number of amides is 1. The van der Waals surface area contributed by atoms with Crippen molar-refractivity contribution in [2.24, 2.45) is 5.73 Å². The summed E-state index contributed by atoms with van der Waals surface area (Å²) in [6.07, 6.45) is 1.47. The summed E-state index contributed by atoms with van der Waals surface area (Å²) in [7, 11) is -1.13. The average molecular weight is 264 g/mol. The predicted octanol–water partition coefficient (Wildman–Crippen LogP) is 0.0152. The Labute approximate surface area is 106 Å². The van der Waals surface area contributed by atoms with E-state index in [0.717, 1.165) is 6.42 Å². The number of ether oxygens (including phenoxy) is 1. The summed E-state index contributed by atoms with van der Waals surface area (Å²) in [5.74, 6) is 0.385. The molecule has 0 rings (SSSR count). The van der Waals surface area contributed by atoms with Gasteiger partial charge in [0.05, 0.1) is 6.10 Å². The van der Waals surface area contributed by atoms with Gasteiger partial charge in [0.2, 0.25) is 5.91 Å². The van der Waals surface area contributed by atoms with Crippen molar-refractivity contribution in [1.29, 1.82) is 0 Å². The molecule has 6 heteroatoms. The van der Waals surface area contributed by atoms with Gasteiger partial charge in [-0.05, 0) is 19.8 Å². The van der Waals surface area contributed by atoms with Crippen LogP contribution in [0.5, 0.6) is 0 Å². The zero-order chi connectivity index (χ0) is 13.1. The Balaban J connectivity index is 3.74. The molecule has 102 valence electrons. The van der Waals surface area contributed by atoms with Crippen LogP contribution in [0.15, 0.2) is 0 Å². The first kappa shape index (κ1) is 16.5. The maximum Gasteiger partial charge on any atom is 0.232 e. The molecule has 0 radical (unpaired) electrons. The molecule has 0 saturated heterocycles. The lowest BCUT2D eigenvalue weighted by Crippen LogP contribution is -2.31. The molecule has 0 bridgehead atoms. The van der Waals surface area contributed by atoms with E-state index < -0.39 is 10.8 Å². The van der Waals surface area contributed by atoms with Gasteiger partial charge >= 0.3 is 0 Å². The topological polar surface area (TPSA) is 81.4 Å². The van der Waals surface area contributed by atoms with Gasteiger partial charge in [-0.15, -0.1) is 0 Å². The molecule has 0 aromatic heterocycles. The first-order chi connectivity index (χ1) is 8.13. The minimum atomic E-state index is -1.13. The maximum atomic E-state index is 11.6. The number of carbonyl (C=O) groups is 1. The summed E-state index contributed by atoms with van der Waals surface area (Å²) in [5.41, 5.74) is 5.51. The van der Waals surface area contributed by atoms with E-state index in [1.165, 1.54) is 0 Å². The summed E-state index contributed by atoms with van der Waals surface area (Å²) in [6, 6.07) is 0. The molecule has 2 atom stereocenters. The normalized spacial score (nSPS) is 14.3. The van der Waals surface area contributed by atoms with Gasteiger partial charge in [-0.3, -0.25) is 9.00 Å². The molecule has 0 fully saturated rings. The van der Waals surface area contributed by atoms with Gasteiger partial charge in [0, 0.05) is 36.2 Å². The number of hydrogen-bond donors (Lipinski definition) is 2. The van der Waals surface area contributed by atoms with Crippen molar-refractivity contribution in [3.05, 3.63) is 0 Å². The van der Waals surface area contributed by atoms with Crippen LogP contribution in [-0.4, -0.2) is 47.4 Å². The second kappa shape index (κ2) is 10.7. The summed E-state index contributed by atoms with van der Waals surface area (Å²) in [6.45, 7) is 5.54. The molecule has 0 aliphatic heterocycles. The molecule has 3 N–H and O–H groups in total. The van der Waals surface area contributed by atoms with Crippen molar-refractivity contribution in [2.45, 2.75) is 32.8 Å². The van der Waals surface area contributed by atoms with Crippen LogP contribution >= 0.6 is 0 Å². The van der Waals surface area contributed by atoms with E-state index >= 15 is 0 Å². The zero-order valence-electron chi connectivity index (χ0n) is 10.7. The van der Waals surface area contributed by atoms with Crippen molar-refractivity contribution in [3.8, 4) is 0 Å². The van der Waals surface area contributed by atoms with Crippen LogP contribution in [0.3, 0.4) is 0 Å². The zero-order valence-corrected chi connectivity index (χ0v) is 11.6. The van der Waals surface area contributed by atoms with Crippen LogP contribution in [0.4, 0.5) is 0 Å². The fourth-order valence-electron chi connectivity index (χ4n) is 1.30. The third kappa shape index (κ3) is 9.26. The van der Waals surface area contributed by atoms with E-state index in [0.29, 0.717) is 31.9 Å². The van der Waals surface area contributed by atoms with Crippen LogP contribution in [0.1, 0.15) is 26.7 Å². The molecular weight excluding hydrogens is 240 g/mol. The molecule has 0 aliphatic rings. The SMILES string of the molecule is CCCNC(=O)CS(=O)CCC(CN)OCC. The molecule has 0 heterocycles. The fourth-order valence-corrected chi connectivity index (χ4v) is 2.37. The highest BCUT2D eigenvalue weighted by Gasteiger charge is 2.11. The van der Waals surface area contributed by atoms with Crippen LogP contribution in [0, 0.1) is 0 Å². The molecule has 17 heavy (non-hydrogen) atoms. The van der Waals surface area contributed by atoms with Gasteiger partial charge in [0.1, 0.15) is 5.75 Å². The molecular formula is C11H24N2O3S. The summed E-state index contributed by atoms with van der Waals surface area (Å²) < 4.78 is 16.9. The minimum absolute atomic E-state index is 0.0531.